The van der Waals surface area contributed by atoms with Crippen LogP contribution in [0.5, 0.6) is 0 Å². The summed E-state index contributed by atoms with van der Waals surface area (Å²) in [5.74, 6) is 1.66. The second-order valence-electron chi connectivity index (χ2n) is 7.63. The van der Waals surface area contributed by atoms with Crippen molar-refractivity contribution in [3.8, 4) is 0 Å². The molecule has 1 aromatic carbocycles. The molecule has 0 saturated heterocycles. The standard InChI is InChI=1S/C19H31N/c1-14(2)12-20-13-19(5,18-6-7-18)11-17-9-15(3)8-16(4)10-17/h8-10,14,18,20H,6-7,11-13H2,1-5H3. The van der Waals surface area contributed by atoms with Crippen molar-refractivity contribution in [3.05, 3.63) is 34.9 Å². The highest BCUT2D eigenvalue weighted by Crippen LogP contribution is 2.47. The summed E-state index contributed by atoms with van der Waals surface area (Å²) in [6.45, 7) is 13.8. The summed E-state index contributed by atoms with van der Waals surface area (Å²) in [7, 11) is 0. The molecule has 1 nitrogen and oxygen atoms in total. The lowest BCUT2D eigenvalue weighted by molar-refractivity contribution is 0.252. The molecule has 2 rings (SSSR count). The van der Waals surface area contributed by atoms with Gasteiger partial charge in [0, 0.05) is 6.54 Å². The Labute approximate surface area is 125 Å². The minimum atomic E-state index is 0.426. The van der Waals surface area contributed by atoms with Crippen LogP contribution in [0.1, 0.15) is 50.3 Å². The minimum absolute atomic E-state index is 0.426. The minimum Gasteiger partial charge on any atom is -0.316 e. The van der Waals surface area contributed by atoms with Gasteiger partial charge >= 0.3 is 0 Å². The quantitative estimate of drug-likeness (QED) is 0.771. The molecule has 1 heteroatoms. The largest absolute Gasteiger partial charge is 0.316 e. The van der Waals surface area contributed by atoms with Crippen LogP contribution in [0.3, 0.4) is 0 Å². The maximum absolute atomic E-state index is 3.70. The molecule has 0 aliphatic heterocycles. The van der Waals surface area contributed by atoms with Gasteiger partial charge in [0.2, 0.25) is 0 Å². The van der Waals surface area contributed by atoms with E-state index in [-0.39, 0.29) is 0 Å². The first-order valence-electron chi connectivity index (χ1n) is 8.17. The van der Waals surface area contributed by atoms with Crippen molar-refractivity contribution in [1.29, 1.82) is 0 Å². The molecule has 1 saturated carbocycles. The van der Waals surface area contributed by atoms with Gasteiger partial charge in [-0.15, -0.1) is 0 Å². The summed E-state index contributed by atoms with van der Waals surface area (Å²) in [6.07, 6.45) is 4.06. The predicted molar refractivity (Wildman–Crippen MR) is 88.2 cm³/mol. The van der Waals surface area contributed by atoms with Crippen LogP contribution in [-0.2, 0) is 6.42 Å². The Bertz CT molecular complexity index is 425. The van der Waals surface area contributed by atoms with E-state index in [2.05, 4.69) is 58.1 Å². The highest BCUT2D eigenvalue weighted by atomic mass is 14.9. The first-order chi connectivity index (χ1) is 9.39. The zero-order chi connectivity index (χ0) is 14.8. The third-order valence-corrected chi connectivity index (χ3v) is 4.53. The van der Waals surface area contributed by atoms with Crippen molar-refractivity contribution in [2.45, 2.75) is 53.9 Å². The third-order valence-electron chi connectivity index (χ3n) is 4.53. The number of rotatable bonds is 7. The SMILES string of the molecule is Cc1cc(C)cc(CC(C)(CNCC(C)C)C2CC2)c1. The second-order valence-corrected chi connectivity index (χ2v) is 7.63. The van der Waals surface area contributed by atoms with Gasteiger partial charge in [-0.3, -0.25) is 0 Å². The zero-order valence-corrected chi connectivity index (χ0v) is 13.9. The first kappa shape index (κ1) is 15.6. The third kappa shape index (κ3) is 4.34. The summed E-state index contributed by atoms with van der Waals surface area (Å²) in [6, 6.07) is 7.02. The van der Waals surface area contributed by atoms with Crippen LogP contribution in [0.4, 0.5) is 0 Å². The van der Waals surface area contributed by atoms with Crippen LogP contribution < -0.4 is 5.32 Å². The molecule has 1 aliphatic carbocycles. The van der Waals surface area contributed by atoms with Gasteiger partial charge in [-0.05, 0) is 62.5 Å². The van der Waals surface area contributed by atoms with Crippen LogP contribution in [0.15, 0.2) is 18.2 Å². The maximum atomic E-state index is 3.70. The van der Waals surface area contributed by atoms with Crippen molar-refractivity contribution in [3.63, 3.8) is 0 Å². The van der Waals surface area contributed by atoms with Crippen molar-refractivity contribution in [1.82, 2.24) is 5.32 Å². The highest BCUT2D eigenvalue weighted by Gasteiger charge is 2.41. The first-order valence-corrected chi connectivity index (χ1v) is 8.17. The van der Waals surface area contributed by atoms with E-state index in [1.807, 2.05) is 0 Å². The number of hydrogen-bond donors (Lipinski definition) is 1. The van der Waals surface area contributed by atoms with Crippen molar-refractivity contribution >= 4 is 0 Å². The molecule has 0 aromatic heterocycles. The Kier molecular flexibility index (Phi) is 4.90. The molecule has 1 aliphatic rings. The molecule has 1 aromatic rings. The van der Waals surface area contributed by atoms with Crippen molar-refractivity contribution in [2.24, 2.45) is 17.3 Å². The topological polar surface area (TPSA) is 12.0 Å². The summed E-state index contributed by atoms with van der Waals surface area (Å²) < 4.78 is 0. The lowest BCUT2D eigenvalue weighted by atomic mass is 9.78. The Morgan fingerprint density at radius 3 is 2.25 bits per heavy atom. The summed E-state index contributed by atoms with van der Waals surface area (Å²) in [4.78, 5) is 0. The number of hydrogen-bond acceptors (Lipinski definition) is 1. The molecule has 1 atom stereocenters. The van der Waals surface area contributed by atoms with Gasteiger partial charge in [-0.1, -0.05) is 50.1 Å². The van der Waals surface area contributed by atoms with Crippen LogP contribution in [0, 0.1) is 31.1 Å². The molecule has 1 N–H and O–H groups in total. The summed E-state index contributed by atoms with van der Waals surface area (Å²) in [5, 5.41) is 3.70. The fourth-order valence-electron chi connectivity index (χ4n) is 3.42. The maximum Gasteiger partial charge on any atom is 0.00111 e. The van der Waals surface area contributed by atoms with E-state index in [1.54, 1.807) is 0 Å². The molecule has 0 heterocycles. The summed E-state index contributed by atoms with van der Waals surface area (Å²) in [5.41, 5.74) is 4.74. The van der Waals surface area contributed by atoms with E-state index in [0.717, 1.165) is 24.9 Å². The smallest absolute Gasteiger partial charge is 0.00111 e. The van der Waals surface area contributed by atoms with Crippen LogP contribution in [0.25, 0.3) is 0 Å². The monoisotopic (exact) mass is 273 g/mol. The molecule has 1 unspecified atom stereocenters. The van der Waals surface area contributed by atoms with Gasteiger partial charge in [0.1, 0.15) is 0 Å². The predicted octanol–water partition coefficient (Wildman–Crippen LogP) is 4.51. The van der Waals surface area contributed by atoms with Crippen LogP contribution in [-0.4, -0.2) is 13.1 Å². The van der Waals surface area contributed by atoms with Gasteiger partial charge in [-0.25, -0.2) is 0 Å². The molecule has 0 bridgehead atoms. The number of benzene rings is 1. The Hall–Kier alpha value is -0.820. The fraction of sp³-hybridized carbons (Fsp3) is 0.684. The average Bonchev–Trinajstić information content (AvgIpc) is 3.10. The van der Waals surface area contributed by atoms with E-state index in [0.29, 0.717) is 5.41 Å². The molecule has 0 spiro atoms. The van der Waals surface area contributed by atoms with E-state index >= 15 is 0 Å². The number of nitrogens with one attached hydrogen (secondary N) is 1. The van der Waals surface area contributed by atoms with Gasteiger partial charge < -0.3 is 5.32 Å². The molecule has 1 fully saturated rings. The lowest BCUT2D eigenvalue weighted by Crippen LogP contribution is -2.37. The zero-order valence-electron chi connectivity index (χ0n) is 13.9. The number of aryl methyl sites for hydroxylation is 2. The van der Waals surface area contributed by atoms with Gasteiger partial charge in [-0.2, -0.15) is 0 Å². The lowest BCUT2D eigenvalue weighted by Gasteiger charge is -2.31. The molecular weight excluding hydrogens is 242 g/mol. The molecular formula is C19H31N. The molecule has 20 heavy (non-hydrogen) atoms. The van der Waals surface area contributed by atoms with E-state index < -0.39 is 0 Å². The van der Waals surface area contributed by atoms with Crippen molar-refractivity contribution < 1.29 is 0 Å². The Morgan fingerprint density at radius 2 is 1.75 bits per heavy atom. The van der Waals surface area contributed by atoms with Crippen LogP contribution >= 0.6 is 0 Å². The van der Waals surface area contributed by atoms with E-state index in [4.69, 9.17) is 0 Å². The Morgan fingerprint density at radius 1 is 1.15 bits per heavy atom. The fourth-order valence-corrected chi connectivity index (χ4v) is 3.42. The van der Waals surface area contributed by atoms with Crippen molar-refractivity contribution in [2.75, 3.05) is 13.1 Å². The molecule has 0 radical (unpaired) electrons. The second kappa shape index (κ2) is 6.30. The molecule has 112 valence electrons. The normalized spacial score (nSPS) is 18.3. The van der Waals surface area contributed by atoms with Gasteiger partial charge in [0.25, 0.3) is 0 Å². The molecule has 0 amide bonds. The van der Waals surface area contributed by atoms with E-state index in [1.165, 1.54) is 36.0 Å². The highest BCUT2D eigenvalue weighted by molar-refractivity contribution is 5.29. The van der Waals surface area contributed by atoms with Crippen LogP contribution in [0.2, 0.25) is 0 Å². The summed E-state index contributed by atoms with van der Waals surface area (Å²) >= 11 is 0. The van der Waals surface area contributed by atoms with Gasteiger partial charge in [0.05, 0.1) is 0 Å². The van der Waals surface area contributed by atoms with E-state index in [9.17, 15) is 0 Å². The Balaban J connectivity index is 2.04. The van der Waals surface area contributed by atoms with Gasteiger partial charge in [0.15, 0.2) is 0 Å². The average molecular weight is 273 g/mol.